The van der Waals surface area contributed by atoms with Crippen LogP contribution in [0.4, 0.5) is 0 Å². The zero-order chi connectivity index (χ0) is 6.78. The average molecular weight is 142 g/mol. The summed E-state index contributed by atoms with van der Waals surface area (Å²) < 4.78 is 0. The summed E-state index contributed by atoms with van der Waals surface area (Å²) in [6.07, 6.45) is 0.238. The van der Waals surface area contributed by atoms with Gasteiger partial charge in [-0.25, -0.2) is 4.79 Å². The average Bonchev–Trinajstić information content (AvgIpc) is 1.67. The predicted octanol–water partition coefficient (Wildman–Crippen LogP) is -2.65. The number of hydrogen-bond donors (Lipinski definition) is 2. The van der Waals surface area contributed by atoms with Crippen molar-refractivity contribution in [2.24, 2.45) is 0 Å². The Morgan fingerprint density at radius 3 is 2.11 bits per heavy atom. The van der Waals surface area contributed by atoms with Crippen molar-refractivity contribution in [1.82, 2.24) is 0 Å². The normalized spacial score (nSPS) is 15.4. The predicted molar refractivity (Wildman–Crippen MR) is 29.7 cm³/mol. The molecular weight excluding hydrogens is 131 g/mol. The van der Waals surface area contributed by atoms with Crippen LogP contribution in [0.15, 0.2) is 0 Å². The molecule has 0 saturated carbocycles. The Balaban J connectivity index is -0.000000245. The third-order valence-corrected chi connectivity index (χ3v) is 1.15. The quantitative estimate of drug-likeness (QED) is 0.414. The molecule has 50 valence electrons. The molecular formula is C5H11NaO3. The van der Waals surface area contributed by atoms with Crippen LogP contribution < -0.4 is 29.6 Å². The first-order valence-corrected chi connectivity index (χ1v) is 2.46. The molecule has 0 aromatic carbocycles. The van der Waals surface area contributed by atoms with Gasteiger partial charge < -0.3 is 11.6 Å². The third-order valence-electron chi connectivity index (χ3n) is 1.15. The van der Waals surface area contributed by atoms with Gasteiger partial charge in [0.2, 0.25) is 0 Å². The van der Waals surface area contributed by atoms with E-state index in [2.05, 4.69) is 0 Å². The summed E-state index contributed by atoms with van der Waals surface area (Å²) in [5.41, 5.74) is -1.54. The first-order chi connectivity index (χ1) is 3.50. The van der Waals surface area contributed by atoms with Crippen LogP contribution in [0.25, 0.3) is 0 Å². The minimum Gasteiger partial charge on any atom is -1.00 e. The minimum atomic E-state index is -1.54. The molecule has 1 unspecified atom stereocenters. The van der Waals surface area contributed by atoms with Crippen molar-refractivity contribution >= 4 is 5.97 Å². The topological polar surface area (TPSA) is 57.5 Å². The molecule has 0 heterocycles. The largest absolute Gasteiger partial charge is 1.00 e. The number of carboxylic acids is 1. The van der Waals surface area contributed by atoms with Gasteiger partial charge in [-0.15, -0.1) is 0 Å². The second kappa shape index (κ2) is 4.28. The molecule has 0 aromatic heterocycles. The van der Waals surface area contributed by atoms with Crippen LogP contribution >= 0.6 is 0 Å². The summed E-state index contributed by atoms with van der Waals surface area (Å²) in [5, 5.41) is 17.0. The van der Waals surface area contributed by atoms with E-state index in [0.29, 0.717) is 0 Å². The smallest absolute Gasteiger partial charge is 1.00 e. The number of carbonyl (C=O) groups is 1. The molecule has 0 aliphatic carbocycles. The molecule has 2 N–H and O–H groups in total. The maximum Gasteiger partial charge on any atom is 1.00 e. The fourth-order valence-electron chi connectivity index (χ4n) is 0.151. The summed E-state index contributed by atoms with van der Waals surface area (Å²) in [5.74, 6) is -1.17. The van der Waals surface area contributed by atoms with E-state index in [0.717, 1.165) is 0 Å². The molecule has 3 nitrogen and oxygen atoms in total. The van der Waals surface area contributed by atoms with Crippen molar-refractivity contribution in [2.75, 3.05) is 0 Å². The van der Waals surface area contributed by atoms with Crippen LogP contribution in [0, 0.1) is 0 Å². The fourth-order valence-corrected chi connectivity index (χ4v) is 0.151. The van der Waals surface area contributed by atoms with Gasteiger partial charge in [0.05, 0.1) is 0 Å². The van der Waals surface area contributed by atoms with E-state index in [1.807, 2.05) is 0 Å². The summed E-state index contributed by atoms with van der Waals surface area (Å²) in [7, 11) is 0. The zero-order valence-corrected chi connectivity index (χ0v) is 8.01. The molecule has 0 saturated heterocycles. The van der Waals surface area contributed by atoms with E-state index in [4.69, 9.17) is 10.2 Å². The van der Waals surface area contributed by atoms with E-state index in [1.165, 1.54) is 6.92 Å². The SMILES string of the molecule is CCC(C)(O)C(=O)O.[H-].[Na+]. The van der Waals surface area contributed by atoms with Gasteiger partial charge in [-0.3, -0.25) is 0 Å². The number of hydrogen-bond acceptors (Lipinski definition) is 2. The Morgan fingerprint density at radius 2 is 2.11 bits per heavy atom. The van der Waals surface area contributed by atoms with Crippen molar-refractivity contribution in [1.29, 1.82) is 0 Å². The molecule has 0 radical (unpaired) electrons. The summed E-state index contributed by atoms with van der Waals surface area (Å²) >= 11 is 0. The van der Waals surface area contributed by atoms with Crippen LogP contribution in [-0.4, -0.2) is 21.8 Å². The molecule has 0 bridgehead atoms. The van der Waals surface area contributed by atoms with Gasteiger partial charge in [0, 0.05) is 0 Å². The van der Waals surface area contributed by atoms with E-state index >= 15 is 0 Å². The third kappa shape index (κ3) is 3.92. The van der Waals surface area contributed by atoms with Gasteiger partial charge in [-0.2, -0.15) is 0 Å². The van der Waals surface area contributed by atoms with Crippen LogP contribution in [0.2, 0.25) is 0 Å². The van der Waals surface area contributed by atoms with Crippen molar-refractivity contribution in [3.05, 3.63) is 0 Å². The molecule has 4 heteroatoms. The summed E-state index contributed by atoms with van der Waals surface area (Å²) in [6.45, 7) is 2.89. The van der Waals surface area contributed by atoms with Crippen LogP contribution in [0.5, 0.6) is 0 Å². The summed E-state index contributed by atoms with van der Waals surface area (Å²) in [6, 6.07) is 0. The Hall–Kier alpha value is 0.430. The number of aliphatic hydroxyl groups is 1. The second-order valence-electron chi connectivity index (χ2n) is 1.93. The van der Waals surface area contributed by atoms with E-state index in [-0.39, 0.29) is 37.4 Å². The maximum atomic E-state index is 10.0. The van der Waals surface area contributed by atoms with Crippen molar-refractivity contribution in [3.63, 3.8) is 0 Å². The number of carboxylic acid groups (broad SMARTS) is 1. The molecule has 0 fully saturated rings. The molecule has 1 atom stereocenters. The Morgan fingerprint density at radius 1 is 1.78 bits per heavy atom. The van der Waals surface area contributed by atoms with Gasteiger partial charge in [-0.1, -0.05) is 6.92 Å². The van der Waals surface area contributed by atoms with Crippen LogP contribution in [0.3, 0.4) is 0 Å². The standard InChI is InChI=1S/C5H10O3.Na.H/c1-3-5(2,8)4(6)7;;/h8H,3H2,1-2H3,(H,6,7);;/q;+1;-1. The molecule has 0 rings (SSSR count). The van der Waals surface area contributed by atoms with Crippen molar-refractivity contribution in [2.45, 2.75) is 25.9 Å². The molecule has 0 aliphatic heterocycles. The van der Waals surface area contributed by atoms with Gasteiger partial charge in [-0.05, 0) is 13.3 Å². The summed E-state index contributed by atoms with van der Waals surface area (Å²) in [4.78, 5) is 10.0. The van der Waals surface area contributed by atoms with E-state index in [9.17, 15) is 4.79 Å². The Bertz CT molecular complexity index is 105. The number of aliphatic carboxylic acids is 1. The van der Waals surface area contributed by atoms with E-state index < -0.39 is 11.6 Å². The molecule has 0 spiro atoms. The molecule has 0 aliphatic rings. The van der Waals surface area contributed by atoms with Crippen molar-refractivity contribution < 1.29 is 46.0 Å². The molecule has 0 aromatic rings. The van der Waals surface area contributed by atoms with E-state index in [1.54, 1.807) is 6.92 Å². The van der Waals surface area contributed by atoms with Crippen LogP contribution in [0.1, 0.15) is 21.7 Å². The monoisotopic (exact) mass is 142 g/mol. The van der Waals surface area contributed by atoms with Gasteiger partial charge >= 0.3 is 35.5 Å². The fraction of sp³-hybridized carbons (Fsp3) is 0.800. The maximum absolute atomic E-state index is 10.0. The first-order valence-electron chi connectivity index (χ1n) is 2.46. The Kier molecular flexibility index (Phi) is 5.77. The Labute approximate surface area is 77.8 Å². The zero-order valence-electron chi connectivity index (χ0n) is 7.01. The molecule has 0 amide bonds. The second-order valence-corrected chi connectivity index (χ2v) is 1.93. The van der Waals surface area contributed by atoms with Gasteiger partial charge in [0.15, 0.2) is 5.60 Å². The number of rotatable bonds is 2. The minimum absolute atomic E-state index is 0. The first kappa shape index (κ1) is 12.1. The van der Waals surface area contributed by atoms with Gasteiger partial charge in [0.25, 0.3) is 0 Å². The molecule has 9 heavy (non-hydrogen) atoms. The van der Waals surface area contributed by atoms with Crippen molar-refractivity contribution in [3.8, 4) is 0 Å². The van der Waals surface area contributed by atoms with Gasteiger partial charge in [0.1, 0.15) is 0 Å². The van der Waals surface area contributed by atoms with Crippen LogP contribution in [-0.2, 0) is 4.79 Å².